The van der Waals surface area contributed by atoms with Crippen molar-refractivity contribution in [1.29, 1.82) is 0 Å². The SMILES string of the molecule is O=C(NC[C@@H](c1ccc2c(c1)OCO2)N1CCN(c2ccc(F)cc2)CC1)C1CCCCC1. The van der Waals surface area contributed by atoms with Crippen LogP contribution < -0.4 is 19.7 Å². The largest absolute Gasteiger partial charge is 0.454 e. The standard InChI is InChI=1S/C26H32FN3O3/c27-21-7-9-22(10-8-21)29-12-14-30(15-13-29)23(17-28-26(31)19-4-2-1-3-5-19)20-6-11-24-25(16-20)33-18-32-24/h6-11,16,19,23H,1-5,12-15,17-18H2,(H,28,31)/t23-/m0/s1. The van der Waals surface area contributed by atoms with E-state index in [1.807, 2.05) is 24.3 Å². The van der Waals surface area contributed by atoms with Crippen LogP contribution in [0.3, 0.4) is 0 Å². The van der Waals surface area contributed by atoms with Crippen molar-refractivity contribution in [2.75, 3.05) is 44.4 Å². The Morgan fingerprint density at radius 3 is 2.45 bits per heavy atom. The van der Waals surface area contributed by atoms with Crippen LogP contribution in [0.4, 0.5) is 10.1 Å². The van der Waals surface area contributed by atoms with Crippen molar-refractivity contribution in [3.05, 3.63) is 53.8 Å². The monoisotopic (exact) mass is 453 g/mol. The van der Waals surface area contributed by atoms with Crippen molar-refractivity contribution in [1.82, 2.24) is 10.2 Å². The molecule has 2 aromatic rings. The van der Waals surface area contributed by atoms with Gasteiger partial charge in [0.2, 0.25) is 12.7 Å². The Balaban J connectivity index is 1.28. The van der Waals surface area contributed by atoms with Gasteiger partial charge in [-0.2, -0.15) is 0 Å². The van der Waals surface area contributed by atoms with Crippen LogP contribution in [0.2, 0.25) is 0 Å². The highest BCUT2D eigenvalue weighted by atomic mass is 19.1. The first-order valence-electron chi connectivity index (χ1n) is 12.1. The topological polar surface area (TPSA) is 54.0 Å². The van der Waals surface area contributed by atoms with Crippen LogP contribution in [-0.4, -0.2) is 50.3 Å². The lowest BCUT2D eigenvalue weighted by Crippen LogP contribution is -2.50. The minimum atomic E-state index is -0.214. The van der Waals surface area contributed by atoms with E-state index in [1.54, 1.807) is 0 Å². The van der Waals surface area contributed by atoms with Gasteiger partial charge in [-0.15, -0.1) is 0 Å². The lowest BCUT2D eigenvalue weighted by molar-refractivity contribution is -0.126. The Bertz CT molecular complexity index is 954. The molecule has 0 spiro atoms. The van der Waals surface area contributed by atoms with Crippen LogP contribution in [0.25, 0.3) is 0 Å². The van der Waals surface area contributed by atoms with Crippen molar-refractivity contribution in [3.63, 3.8) is 0 Å². The van der Waals surface area contributed by atoms with Gasteiger partial charge in [0.15, 0.2) is 11.5 Å². The van der Waals surface area contributed by atoms with E-state index >= 15 is 0 Å². The molecule has 1 atom stereocenters. The zero-order valence-electron chi connectivity index (χ0n) is 19.0. The van der Waals surface area contributed by atoms with Gasteiger partial charge in [0.25, 0.3) is 0 Å². The molecule has 33 heavy (non-hydrogen) atoms. The maximum absolute atomic E-state index is 13.3. The molecule has 1 N–H and O–H groups in total. The number of benzene rings is 2. The number of fused-ring (bicyclic) bond motifs is 1. The minimum Gasteiger partial charge on any atom is -0.454 e. The molecule has 2 fully saturated rings. The quantitative estimate of drug-likeness (QED) is 0.713. The average Bonchev–Trinajstić information content (AvgIpc) is 3.34. The number of rotatable bonds is 6. The van der Waals surface area contributed by atoms with Gasteiger partial charge in [-0.1, -0.05) is 25.3 Å². The summed E-state index contributed by atoms with van der Waals surface area (Å²) in [5, 5.41) is 3.26. The Labute approximate surface area is 194 Å². The zero-order valence-corrected chi connectivity index (χ0v) is 19.0. The summed E-state index contributed by atoms with van der Waals surface area (Å²) < 4.78 is 24.4. The molecule has 3 aliphatic rings. The molecule has 2 aromatic carbocycles. The Morgan fingerprint density at radius 1 is 0.970 bits per heavy atom. The second kappa shape index (κ2) is 10.00. The summed E-state index contributed by atoms with van der Waals surface area (Å²) in [7, 11) is 0. The molecule has 6 nitrogen and oxygen atoms in total. The summed E-state index contributed by atoms with van der Waals surface area (Å²) in [6, 6.07) is 12.8. The summed E-state index contributed by atoms with van der Waals surface area (Å²) in [6.45, 7) is 4.24. The average molecular weight is 454 g/mol. The lowest BCUT2D eigenvalue weighted by Gasteiger charge is -2.40. The fourth-order valence-electron chi connectivity index (χ4n) is 5.23. The van der Waals surface area contributed by atoms with Crippen molar-refractivity contribution < 1.29 is 18.7 Å². The van der Waals surface area contributed by atoms with Gasteiger partial charge in [0.1, 0.15) is 5.82 Å². The van der Waals surface area contributed by atoms with E-state index in [2.05, 4.69) is 21.2 Å². The number of ether oxygens (including phenoxy) is 2. The second-order valence-corrected chi connectivity index (χ2v) is 9.21. The number of hydrogen-bond donors (Lipinski definition) is 1. The first kappa shape index (κ1) is 22.0. The van der Waals surface area contributed by atoms with Crippen molar-refractivity contribution in [2.24, 2.45) is 5.92 Å². The number of nitrogens with one attached hydrogen (secondary N) is 1. The van der Waals surface area contributed by atoms with Gasteiger partial charge >= 0.3 is 0 Å². The molecule has 1 amide bonds. The van der Waals surface area contributed by atoms with E-state index in [1.165, 1.54) is 18.6 Å². The zero-order chi connectivity index (χ0) is 22.6. The van der Waals surface area contributed by atoms with Crippen LogP contribution in [0, 0.1) is 11.7 Å². The molecule has 1 saturated heterocycles. The lowest BCUT2D eigenvalue weighted by atomic mass is 9.88. The molecule has 5 rings (SSSR count). The van der Waals surface area contributed by atoms with Gasteiger partial charge in [-0.3, -0.25) is 9.69 Å². The van der Waals surface area contributed by atoms with Gasteiger partial charge in [0, 0.05) is 44.3 Å². The Kier molecular flexibility index (Phi) is 6.67. The van der Waals surface area contributed by atoms with Crippen LogP contribution in [-0.2, 0) is 4.79 Å². The summed E-state index contributed by atoms with van der Waals surface area (Å²) in [6.07, 6.45) is 5.53. The Morgan fingerprint density at radius 2 is 1.70 bits per heavy atom. The molecule has 1 aliphatic carbocycles. The van der Waals surface area contributed by atoms with Crippen LogP contribution in [0.5, 0.6) is 11.5 Å². The molecule has 2 heterocycles. The smallest absolute Gasteiger partial charge is 0.231 e. The van der Waals surface area contributed by atoms with Crippen LogP contribution >= 0.6 is 0 Å². The number of halogens is 1. The van der Waals surface area contributed by atoms with E-state index < -0.39 is 0 Å². The van der Waals surface area contributed by atoms with Crippen LogP contribution in [0.15, 0.2) is 42.5 Å². The summed E-state index contributed by atoms with van der Waals surface area (Å²) in [5.41, 5.74) is 2.17. The van der Waals surface area contributed by atoms with Crippen molar-refractivity contribution in [2.45, 2.75) is 38.1 Å². The fourth-order valence-corrected chi connectivity index (χ4v) is 5.23. The number of carbonyl (C=O) groups excluding carboxylic acids is 1. The third-order valence-corrected chi connectivity index (χ3v) is 7.17. The highest BCUT2D eigenvalue weighted by Gasteiger charge is 2.29. The Hall–Kier alpha value is -2.80. The maximum atomic E-state index is 13.3. The van der Waals surface area contributed by atoms with E-state index in [4.69, 9.17) is 9.47 Å². The van der Waals surface area contributed by atoms with E-state index in [0.717, 1.165) is 74.6 Å². The maximum Gasteiger partial charge on any atom is 0.231 e. The van der Waals surface area contributed by atoms with Gasteiger partial charge in [-0.05, 0) is 54.8 Å². The molecule has 1 saturated carbocycles. The first-order valence-corrected chi connectivity index (χ1v) is 12.1. The summed E-state index contributed by atoms with van der Waals surface area (Å²) >= 11 is 0. The van der Waals surface area contributed by atoms with E-state index in [9.17, 15) is 9.18 Å². The van der Waals surface area contributed by atoms with Crippen molar-refractivity contribution >= 4 is 11.6 Å². The summed E-state index contributed by atoms with van der Waals surface area (Å²) in [5.74, 6) is 1.65. The predicted octanol–water partition coefficient (Wildman–Crippen LogP) is 4.11. The molecule has 0 bridgehead atoms. The van der Waals surface area contributed by atoms with Crippen LogP contribution in [0.1, 0.15) is 43.7 Å². The number of hydrogen-bond acceptors (Lipinski definition) is 5. The number of nitrogens with zero attached hydrogens (tertiary/aromatic N) is 2. The number of anilines is 1. The number of carbonyl (C=O) groups is 1. The third-order valence-electron chi connectivity index (χ3n) is 7.17. The molecule has 0 radical (unpaired) electrons. The van der Waals surface area contributed by atoms with Gasteiger partial charge in [0.05, 0.1) is 6.04 Å². The molecule has 0 unspecified atom stereocenters. The minimum absolute atomic E-state index is 0.0578. The molecule has 2 aliphatic heterocycles. The molecule has 0 aromatic heterocycles. The van der Waals surface area contributed by atoms with Gasteiger partial charge in [-0.25, -0.2) is 4.39 Å². The fraction of sp³-hybridized carbons (Fsp3) is 0.500. The predicted molar refractivity (Wildman–Crippen MR) is 125 cm³/mol. The highest BCUT2D eigenvalue weighted by Crippen LogP contribution is 2.36. The molecular formula is C26H32FN3O3. The summed E-state index contributed by atoms with van der Waals surface area (Å²) in [4.78, 5) is 17.6. The molecule has 176 valence electrons. The number of amides is 1. The molecular weight excluding hydrogens is 421 g/mol. The van der Waals surface area contributed by atoms with E-state index in [-0.39, 0.29) is 30.5 Å². The first-order chi connectivity index (χ1) is 16.2. The highest BCUT2D eigenvalue weighted by molar-refractivity contribution is 5.78. The van der Waals surface area contributed by atoms with E-state index in [0.29, 0.717) is 6.54 Å². The number of piperazine rings is 1. The second-order valence-electron chi connectivity index (χ2n) is 9.21. The van der Waals surface area contributed by atoms with Crippen molar-refractivity contribution in [3.8, 4) is 11.5 Å². The molecule has 7 heteroatoms. The van der Waals surface area contributed by atoms with Gasteiger partial charge < -0.3 is 19.7 Å². The third kappa shape index (κ3) is 5.08. The normalized spacial score (nSPS) is 20.0.